The standard InChI is InChI=1S/C67H46N2O2/c1-67(2)57-41-46-39-47(68(59-29-13-9-23-49(59)43-19-5-3-6-20-43)61-31-17-27-54-52-25-11-15-33-63(52)70-65(54)61)36-35-45(46)40-56(57)51-38-37-48(42-58(51)67)69(60-30-14-10-24-50(60)44-21-7-4-8-22-44)62-32-18-28-55-53-26-12-16-34-64(53)71-66(55)62/h3-42H,1-2H3. The minimum Gasteiger partial charge on any atom is -0.454 e. The second-order valence-corrected chi connectivity index (χ2v) is 19.2. The van der Waals surface area contributed by atoms with Gasteiger partial charge in [0.2, 0.25) is 0 Å². The molecule has 4 nitrogen and oxygen atoms in total. The van der Waals surface area contributed by atoms with E-state index in [1.165, 1.54) is 33.0 Å². The van der Waals surface area contributed by atoms with Crippen molar-refractivity contribution >= 4 is 88.8 Å². The molecule has 0 saturated heterocycles. The number of hydrogen-bond acceptors (Lipinski definition) is 4. The lowest BCUT2D eigenvalue weighted by molar-refractivity contribution is 0.661. The zero-order valence-electron chi connectivity index (χ0n) is 39.3. The first kappa shape index (κ1) is 40.9. The van der Waals surface area contributed by atoms with Crippen LogP contribution >= 0.6 is 0 Å². The van der Waals surface area contributed by atoms with Crippen LogP contribution in [0.15, 0.2) is 251 Å². The Labute approximate surface area is 411 Å². The molecule has 1 aliphatic carbocycles. The van der Waals surface area contributed by atoms with E-state index in [-0.39, 0.29) is 5.41 Å². The lowest BCUT2D eigenvalue weighted by Gasteiger charge is -2.30. The van der Waals surface area contributed by atoms with Crippen molar-refractivity contribution in [1.29, 1.82) is 0 Å². The average Bonchev–Trinajstić information content (AvgIpc) is 4.07. The van der Waals surface area contributed by atoms with E-state index < -0.39 is 0 Å². The van der Waals surface area contributed by atoms with Crippen molar-refractivity contribution in [3.05, 3.63) is 254 Å². The summed E-state index contributed by atoms with van der Waals surface area (Å²) in [6.07, 6.45) is 0. The summed E-state index contributed by atoms with van der Waals surface area (Å²) in [5.74, 6) is 0. The minimum absolute atomic E-state index is 0.319. The Hall–Kier alpha value is -9.12. The normalized spacial score (nSPS) is 12.8. The number of fused-ring (bicyclic) bond motifs is 10. The van der Waals surface area contributed by atoms with Gasteiger partial charge in [-0.1, -0.05) is 184 Å². The lowest BCUT2D eigenvalue weighted by Crippen LogP contribution is -2.17. The van der Waals surface area contributed by atoms with Crippen LogP contribution in [0.1, 0.15) is 25.0 Å². The topological polar surface area (TPSA) is 32.8 Å². The fraction of sp³-hybridized carbons (Fsp3) is 0.0448. The molecule has 1 aliphatic rings. The van der Waals surface area contributed by atoms with Gasteiger partial charge in [0.05, 0.1) is 22.7 Å². The van der Waals surface area contributed by atoms with Gasteiger partial charge in [-0.15, -0.1) is 0 Å². The molecule has 4 heteroatoms. The number of anilines is 6. The Morgan fingerprint density at radius 1 is 0.310 bits per heavy atom. The molecule has 2 heterocycles. The van der Waals surface area contributed by atoms with E-state index in [1.54, 1.807) is 0 Å². The van der Waals surface area contributed by atoms with Crippen LogP contribution in [0.5, 0.6) is 0 Å². The van der Waals surface area contributed by atoms with E-state index in [0.717, 1.165) is 100 Å². The molecular formula is C67H46N2O2. The molecule has 71 heavy (non-hydrogen) atoms. The molecule has 13 aromatic rings. The Morgan fingerprint density at radius 2 is 0.761 bits per heavy atom. The summed E-state index contributed by atoms with van der Waals surface area (Å²) in [5, 5.41) is 6.77. The van der Waals surface area contributed by atoms with Crippen LogP contribution < -0.4 is 9.80 Å². The first-order valence-electron chi connectivity index (χ1n) is 24.4. The average molecular weight is 911 g/mol. The molecule has 0 spiro atoms. The zero-order valence-corrected chi connectivity index (χ0v) is 39.3. The maximum atomic E-state index is 6.78. The zero-order chi connectivity index (χ0) is 47.2. The third-order valence-electron chi connectivity index (χ3n) is 14.8. The third-order valence-corrected chi connectivity index (χ3v) is 14.8. The van der Waals surface area contributed by atoms with Crippen molar-refractivity contribution in [2.75, 3.05) is 9.80 Å². The van der Waals surface area contributed by atoms with E-state index in [0.29, 0.717) is 0 Å². The summed E-state index contributed by atoms with van der Waals surface area (Å²) in [7, 11) is 0. The fourth-order valence-electron chi connectivity index (χ4n) is 11.4. The second kappa shape index (κ2) is 16.0. The molecule has 11 aromatic carbocycles. The van der Waals surface area contributed by atoms with Gasteiger partial charge in [-0.3, -0.25) is 0 Å². The van der Waals surface area contributed by atoms with Crippen molar-refractivity contribution < 1.29 is 8.83 Å². The SMILES string of the molecule is CC1(C)c2cc(N(c3ccccc3-c3ccccc3)c3cccc4c3oc3ccccc34)ccc2-c2cc3ccc(N(c4ccccc4-c4ccccc4)c4cccc5c4oc4ccccc45)cc3cc21. The van der Waals surface area contributed by atoms with Crippen molar-refractivity contribution in [2.24, 2.45) is 0 Å². The molecule has 0 atom stereocenters. The van der Waals surface area contributed by atoms with Crippen molar-refractivity contribution in [1.82, 2.24) is 0 Å². The molecule has 336 valence electrons. The smallest absolute Gasteiger partial charge is 0.159 e. The summed E-state index contributed by atoms with van der Waals surface area (Å²) in [6, 6.07) is 87.3. The van der Waals surface area contributed by atoms with Gasteiger partial charge in [0.1, 0.15) is 11.2 Å². The van der Waals surface area contributed by atoms with Gasteiger partial charge in [0, 0.05) is 49.5 Å². The van der Waals surface area contributed by atoms with E-state index in [9.17, 15) is 0 Å². The summed E-state index contributed by atoms with van der Waals surface area (Å²) >= 11 is 0. The van der Waals surface area contributed by atoms with Crippen molar-refractivity contribution in [2.45, 2.75) is 19.3 Å². The van der Waals surface area contributed by atoms with Crippen molar-refractivity contribution in [3.8, 4) is 33.4 Å². The van der Waals surface area contributed by atoms with Crippen LogP contribution in [0.2, 0.25) is 0 Å². The highest BCUT2D eigenvalue weighted by atomic mass is 16.3. The predicted molar refractivity (Wildman–Crippen MR) is 296 cm³/mol. The van der Waals surface area contributed by atoms with Gasteiger partial charge in [-0.25, -0.2) is 0 Å². The van der Waals surface area contributed by atoms with Gasteiger partial charge in [-0.05, 0) is 117 Å². The van der Waals surface area contributed by atoms with Gasteiger partial charge in [0.25, 0.3) is 0 Å². The van der Waals surface area contributed by atoms with Crippen LogP contribution in [0.25, 0.3) is 88.0 Å². The number of hydrogen-bond donors (Lipinski definition) is 0. The molecule has 0 fully saturated rings. The molecule has 0 amide bonds. The molecule has 0 saturated carbocycles. The molecular weight excluding hydrogens is 865 g/mol. The minimum atomic E-state index is -0.319. The predicted octanol–water partition coefficient (Wildman–Crippen LogP) is 19.2. The highest BCUT2D eigenvalue weighted by molar-refractivity contribution is 6.12. The number of para-hydroxylation sites is 6. The third kappa shape index (κ3) is 6.45. The number of furan rings is 2. The van der Waals surface area contributed by atoms with E-state index in [2.05, 4.69) is 254 Å². The molecule has 0 N–H and O–H groups in total. The maximum Gasteiger partial charge on any atom is 0.159 e. The summed E-state index contributed by atoms with van der Waals surface area (Å²) < 4.78 is 13.5. The number of nitrogens with zero attached hydrogens (tertiary/aromatic N) is 2. The number of rotatable bonds is 8. The van der Waals surface area contributed by atoms with Gasteiger partial charge >= 0.3 is 0 Å². The molecule has 0 unspecified atom stereocenters. The molecule has 0 radical (unpaired) electrons. The highest BCUT2D eigenvalue weighted by Crippen LogP contribution is 2.54. The first-order valence-corrected chi connectivity index (χ1v) is 24.4. The van der Waals surface area contributed by atoms with Crippen molar-refractivity contribution in [3.63, 3.8) is 0 Å². The van der Waals surface area contributed by atoms with E-state index >= 15 is 0 Å². The quantitative estimate of drug-likeness (QED) is 0.152. The summed E-state index contributed by atoms with van der Waals surface area (Å²) in [5.41, 5.74) is 19.1. The van der Waals surface area contributed by atoms with Gasteiger partial charge in [-0.2, -0.15) is 0 Å². The molecule has 2 aromatic heterocycles. The highest BCUT2D eigenvalue weighted by Gasteiger charge is 2.37. The molecule has 0 aliphatic heterocycles. The van der Waals surface area contributed by atoms with Crippen LogP contribution in [0, 0.1) is 0 Å². The lowest BCUT2D eigenvalue weighted by atomic mass is 9.81. The Balaban J connectivity index is 0.933. The first-order chi connectivity index (χ1) is 35.0. The van der Waals surface area contributed by atoms with Gasteiger partial charge < -0.3 is 18.6 Å². The largest absolute Gasteiger partial charge is 0.454 e. The Morgan fingerprint density at radius 3 is 1.34 bits per heavy atom. The summed E-state index contributed by atoms with van der Waals surface area (Å²) in [6.45, 7) is 4.76. The van der Waals surface area contributed by atoms with Gasteiger partial charge in [0.15, 0.2) is 11.2 Å². The van der Waals surface area contributed by atoms with Crippen LogP contribution in [-0.2, 0) is 5.41 Å². The van der Waals surface area contributed by atoms with Crippen LogP contribution in [-0.4, -0.2) is 0 Å². The summed E-state index contributed by atoms with van der Waals surface area (Å²) in [4.78, 5) is 4.79. The second-order valence-electron chi connectivity index (χ2n) is 19.2. The Bertz CT molecular complexity index is 4220. The van der Waals surface area contributed by atoms with Crippen LogP contribution in [0.3, 0.4) is 0 Å². The maximum absolute atomic E-state index is 6.78. The van der Waals surface area contributed by atoms with E-state index in [1.807, 2.05) is 12.1 Å². The Kier molecular flexibility index (Phi) is 9.21. The molecule has 14 rings (SSSR count). The number of benzene rings is 11. The van der Waals surface area contributed by atoms with Crippen LogP contribution in [0.4, 0.5) is 34.1 Å². The fourth-order valence-corrected chi connectivity index (χ4v) is 11.4. The monoisotopic (exact) mass is 910 g/mol. The van der Waals surface area contributed by atoms with E-state index in [4.69, 9.17) is 8.83 Å². The molecule has 0 bridgehead atoms.